The number of ether oxygens (including phenoxy) is 1. The van der Waals surface area contributed by atoms with E-state index in [0.717, 1.165) is 18.4 Å². The molecule has 31 heavy (non-hydrogen) atoms. The van der Waals surface area contributed by atoms with Crippen molar-refractivity contribution in [3.63, 3.8) is 0 Å². The summed E-state index contributed by atoms with van der Waals surface area (Å²) in [5, 5.41) is 9.07. The highest BCUT2D eigenvalue weighted by Crippen LogP contribution is 2.44. The Bertz CT molecular complexity index is 1090. The summed E-state index contributed by atoms with van der Waals surface area (Å²) in [5.41, 5.74) is 5.93. The van der Waals surface area contributed by atoms with Crippen LogP contribution in [0.4, 0.5) is 4.79 Å². The molecule has 1 fully saturated rings. The number of carboxylic acid groups (broad SMARTS) is 1. The maximum absolute atomic E-state index is 13.0. The Labute approximate surface area is 180 Å². The molecular weight excluding hydrogens is 390 g/mol. The van der Waals surface area contributed by atoms with Crippen molar-refractivity contribution in [2.45, 2.75) is 31.3 Å². The first-order valence-electron chi connectivity index (χ1n) is 10.6. The lowest BCUT2D eigenvalue weighted by molar-refractivity contribution is 0.0696. The van der Waals surface area contributed by atoms with Crippen LogP contribution in [-0.4, -0.2) is 34.7 Å². The summed E-state index contributed by atoms with van der Waals surface area (Å²) in [5.74, 6) is -0.922. The summed E-state index contributed by atoms with van der Waals surface area (Å²) in [6.07, 6.45) is 1.63. The summed E-state index contributed by atoms with van der Waals surface area (Å²) in [6, 6.07) is 23.4. The van der Waals surface area contributed by atoms with Crippen LogP contribution in [-0.2, 0) is 11.3 Å². The number of carbonyl (C=O) groups excluding carboxylic acids is 1. The number of benzene rings is 3. The Morgan fingerprint density at radius 1 is 0.871 bits per heavy atom. The zero-order valence-electron chi connectivity index (χ0n) is 17.0. The summed E-state index contributed by atoms with van der Waals surface area (Å²) in [4.78, 5) is 25.8. The molecule has 0 aromatic heterocycles. The highest BCUT2D eigenvalue weighted by atomic mass is 16.6. The molecule has 0 aliphatic heterocycles. The highest BCUT2D eigenvalue weighted by Gasteiger charge is 2.35. The third-order valence-electron chi connectivity index (χ3n) is 6.11. The van der Waals surface area contributed by atoms with Gasteiger partial charge in [0.05, 0.1) is 5.56 Å². The second-order valence-corrected chi connectivity index (χ2v) is 8.17. The molecule has 0 radical (unpaired) electrons. The minimum atomic E-state index is -0.956. The Morgan fingerprint density at radius 3 is 2.00 bits per heavy atom. The Morgan fingerprint density at radius 2 is 1.45 bits per heavy atom. The normalized spacial score (nSPS) is 14.6. The predicted molar refractivity (Wildman–Crippen MR) is 117 cm³/mol. The van der Waals surface area contributed by atoms with E-state index >= 15 is 0 Å². The third kappa shape index (κ3) is 3.79. The van der Waals surface area contributed by atoms with Crippen LogP contribution in [0.2, 0.25) is 0 Å². The lowest BCUT2D eigenvalue weighted by Crippen LogP contribution is -2.34. The Hall–Kier alpha value is -3.60. The van der Waals surface area contributed by atoms with Gasteiger partial charge in [-0.2, -0.15) is 0 Å². The first-order chi connectivity index (χ1) is 15.1. The van der Waals surface area contributed by atoms with E-state index in [2.05, 4.69) is 24.3 Å². The molecule has 156 valence electrons. The number of amides is 1. The van der Waals surface area contributed by atoms with E-state index in [1.807, 2.05) is 24.3 Å². The first-order valence-corrected chi connectivity index (χ1v) is 10.6. The van der Waals surface area contributed by atoms with E-state index in [-0.39, 0.29) is 23.6 Å². The van der Waals surface area contributed by atoms with Crippen molar-refractivity contribution in [2.24, 2.45) is 0 Å². The molecule has 0 heterocycles. The van der Waals surface area contributed by atoms with Gasteiger partial charge >= 0.3 is 12.1 Å². The highest BCUT2D eigenvalue weighted by molar-refractivity contribution is 5.87. The number of carboxylic acids is 1. The van der Waals surface area contributed by atoms with E-state index in [1.54, 1.807) is 29.2 Å². The van der Waals surface area contributed by atoms with Crippen molar-refractivity contribution in [3.8, 4) is 11.1 Å². The third-order valence-corrected chi connectivity index (χ3v) is 6.11. The van der Waals surface area contributed by atoms with Gasteiger partial charge in [-0.05, 0) is 52.8 Å². The molecular formula is C26H23NO4. The van der Waals surface area contributed by atoms with Gasteiger partial charge in [0.25, 0.3) is 0 Å². The van der Waals surface area contributed by atoms with Gasteiger partial charge in [-0.3, -0.25) is 0 Å². The fourth-order valence-corrected chi connectivity index (χ4v) is 4.36. The van der Waals surface area contributed by atoms with E-state index in [4.69, 9.17) is 9.84 Å². The fraction of sp³-hybridized carbons (Fsp3) is 0.231. The van der Waals surface area contributed by atoms with Crippen LogP contribution in [0, 0.1) is 0 Å². The van der Waals surface area contributed by atoms with E-state index < -0.39 is 5.97 Å². The van der Waals surface area contributed by atoms with Crippen LogP contribution < -0.4 is 0 Å². The lowest BCUT2D eigenvalue weighted by Gasteiger charge is -2.23. The predicted octanol–water partition coefficient (Wildman–Crippen LogP) is 5.30. The number of rotatable bonds is 6. The number of hydrogen-bond acceptors (Lipinski definition) is 3. The number of aromatic carboxylic acids is 1. The average molecular weight is 413 g/mol. The molecule has 1 N–H and O–H groups in total. The van der Waals surface area contributed by atoms with Gasteiger partial charge in [0.15, 0.2) is 0 Å². The van der Waals surface area contributed by atoms with E-state index in [1.165, 1.54) is 22.3 Å². The maximum Gasteiger partial charge on any atom is 0.410 e. The van der Waals surface area contributed by atoms with Gasteiger partial charge in [0.2, 0.25) is 0 Å². The monoisotopic (exact) mass is 413 g/mol. The van der Waals surface area contributed by atoms with Gasteiger partial charge in [-0.25, -0.2) is 9.59 Å². The molecule has 0 atom stereocenters. The smallest absolute Gasteiger partial charge is 0.410 e. The first kappa shape index (κ1) is 19.4. The topological polar surface area (TPSA) is 66.8 Å². The lowest BCUT2D eigenvalue weighted by atomic mass is 9.98. The molecule has 3 aromatic rings. The molecule has 5 rings (SSSR count). The minimum Gasteiger partial charge on any atom is -0.478 e. The summed E-state index contributed by atoms with van der Waals surface area (Å²) in [7, 11) is 0. The molecule has 5 heteroatoms. The standard InChI is InChI=1S/C26H23NO4/c28-25(29)18-11-9-17(10-12-18)15-27(19-13-14-19)26(30)31-16-24-22-7-3-1-5-20(22)21-6-2-4-8-23(21)24/h1-12,19,24H,13-16H2,(H,28,29). The van der Waals surface area contributed by atoms with Gasteiger partial charge in [-0.15, -0.1) is 0 Å². The minimum absolute atomic E-state index is 0.0345. The van der Waals surface area contributed by atoms with Crippen LogP contribution >= 0.6 is 0 Å². The molecule has 2 aliphatic carbocycles. The molecule has 2 aliphatic rings. The van der Waals surface area contributed by atoms with Crippen molar-refractivity contribution in [2.75, 3.05) is 6.61 Å². The van der Waals surface area contributed by atoms with E-state index in [9.17, 15) is 9.59 Å². The quantitative estimate of drug-likeness (QED) is 0.596. The van der Waals surface area contributed by atoms with Crippen molar-refractivity contribution < 1.29 is 19.4 Å². The zero-order chi connectivity index (χ0) is 21.4. The molecule has 0 saturated heterocycles. The average Bonchev–Trinajstić information content (AvgIpc) is 3.59. The molecule has 0 bridgehead atoms. The second kappa shape index (κ2) is 7.91. The summed E-state index contributed by atoms with van der Waals surface area (Å²) < 4.78 is 5.83. The Balaban J connectivity index is 1.30. The molecule has 0 spiro atoms. The molecule has 5 nitrogen and oxygen atoms in total. The molecule has 1 saturated carbocycles. The van der Waals surface area contributed by atoms with Crippen molar-refractivity contribution in [3.05, 3.63) is 95.1 Å². The summed E-state index contributed by atoms with van der Waals surface area (Å²) in [6.45, 7) is 0.718. The fourth-order valence-electron chi connectivity index (χ4n) is 4.36. The zero-order valence-corrected chi connectivity index (χ0v) is 17.0. The van der Waals surface area contributed by atoms with Crippen LogP contribution in [0.15, 0.2) is 72.8 Å². The van der Waals surface area contributed by atoms with Crippen molar-refractivity contribution >= 4 is 12.1 Å². The Kier molecular flexibility index (Phi) is 4.94. The van der Waals surface area contributed by atoms with Crippen molar-refractivity contribution in [1.29, 1.82) is 0 Å². The molecule has 0 unspecified atom stereocenters. The molecule has 3 aromatic carbocycles. The number of nitrogens with zero attached hydrogens (tertiary/aromatic N) is 1. The van der Waals surface area contributed by atoms with E-state index in [0.29, 0.717) is 13.2 Å². The number of carbonyl (C=O) groups is 2. The van der Waals surface area contributed by atoms with Gasteiger partial charge in [0.1, 0.15) is 6.61 Å². The van der Waals surface area contributed by atoms with Gasteiger partial charge < -0.3 is 14.7 Å². The number of fused-ring (bicyclic) bond motifs is 3. The van der Waals surface area contributed by atoms with Crippen molar-refractivity contribution in [1.82, 2.24) is 4.90 Å². The number of hydrogen-bond donors (Lipinski definition) is 1. The second-order valence-electron chi connectivity index (χ2n) is 8.17. The SMILES string of the molecule is O=C(O)c1ccc(CN(C(=O)OCC2c3ccccc3-c3ccccc32)C2CC2)cc1. The maximum atomic E-state index is 13.0. The van der Waals surface area contributed by atoms with Gasteiger partial charge in [-0.1, -0.05) is 60.7 Å². The summed E-state index contributed by atoms with van der Waals surface area (Å²) >= 11 is 0. The largest absolute Gasteiger partial charge is 0.478 e. The van der Waals surface area contributed by atoms with Crippen LogP contribution in [0.1, 0.15) is 45.8 Å². The van der Waals surface area contributed by atoms with Gasteiger partial charge in [0, 0.05) is 18.5 Å². The van der Waals surface area contributed by atoms with Crippen LogP contribution in [0.3, 0.4) is 0 Å². The van der Waals surface area contributed by atoms with Crippen LogP contribution in [0.5, 0.6) is 0 Å². The molecule has 1 amide bonds. The van der Waals surface area contributed by atoms with Crippen LogP contribution in [0.25, 0.3) is 11.1 Å².